The van der Waals surface area contributed by atoms with Crippen LogP contribution in [0.15, 0.2) is 57.4 Å². The Kier molecular flexibility index (Phi) is 4.06. The van der Waals surface area contributed by atoms with E-state index in [1.807, 2.05) is 12.1 Å². The fourth-order valence-electron chi connectivity index (χ4n) is 2.45. The summed E-state index contributed by atoms with van der Waals surface area (Å²) < 4.78 is 16.3. The molecule has 0 spiro atoms. The first-order valence-electron chi connectivity index (χ1n) is 7.61. The molecule has 0 radical (unpaired) electrons. The van der Waals surface area contributed by atoms with Crippen LogP contribution in [0.5, 0.6) is 5.75 Å². The van der Waals surface area contributed by atoms with E-state index < -0.39 is 5.91 Å². The topological polar surface area (TPSA) is 90.4 Å². The lowest BCUT2D eigenvalue weighted by Gasteiger charge is -1.99. The van der Waals surface area contributed by atoms with Crippen molar-refractivity contribution < 1.29 is 18.4 Å². The number of carbonyl (C=O) groups is 1. The van der Waals surface area contributed by atoms with E-state index in [4.69, 9.17) is 25.2 Å². The van der Waals surface area contributed by atoms with Crippen LogP contribution in [0, 0.1) is 0 Å². The second-order valence-corrected chi connectivity index (χ2v) is 5.80. The van der Waals surface area contributed by atoms with Crippen LogP contribution >= 0.6 is 11.6 Å². The Balaban J connectivity index is 1.56. The van der Waals surface area contributed by atoms with E-state index in [0.717, 1.165) is 5.39 Å². The Bertz CT molecular complexity index is 1090. The highest BCUT2D eigenvalue weighted by Crippen LogP contribution is 2.29. The van der Waals surface area contributed by atoms with E-state index in [9.17, 15) is 4.79 Å². The number of ether oxygens (including phenoxy) is 1. The summed E-state index contributed by atoms with van der Waals surface area (Å²) in [6.07, 6.45) is 0. The molecule has 1 amide bonds. The number of furan rings is 1. The van der Waals surface area contributed by atoms with E-state index in [1.165, 1.54) is 7.11 Å². The van der Waals surface area contributed by atoms with Crippen molar-refractivity contribution in [3.05, 3.63) is 59.3 Å². The highest BCUT2D eigenvalue weighted by molar-refractivity contribution is 6.30. The van der Waals surface area contributed by atoms with Crippen molar-refractivity contribution in [2.45, 2.75) is 0 Å². The number of hydrogen-bond acceptors (Lipinski definition) is 6. The summed E-state index contributed by atoms with van der Waals surface area (Å²) in [7, 11) is 1.54. The number of hydrogen-bond donors (Lipinski definition) is 1. The minimum absolute atomic E-state index is 0.0348. The van der Waals surface area contributed by atoms with Crippen LogP contribution in [0.1, 0.15) is 10.6 Å². The average Bonchev–Trinajstić information content (AvgIpc) is 3.29. The highest BCUT2D eigenvalue weighted by Gasteiger charge is 2.18. The predicted molar refractivity (Wildman–Crippen MR) is 95.5 cm³/mol. The van der Waals surface area contributed by atoms with Crippen molar-refractivity contribution in [1.29, 1.82) is 0 Å². The third-order valence-corrected chi connectivity index (χ3v) is 3.94. The van der Waals surface area contributed by atoms with Gasteiger partial charge in [0.25, 0.3) is 5.91 Å². The van der Waals surface area contributed by atoms with Gasteiger partial charge in [0, 0.05) is 16.0 Å². The monoisotopic (exact) mass is 369 g/mol. The van der Waals surface area contributed by atoms with Crippen molar-refractivity contribution in [3.63, 3.8) is 0 Å². The van der Waals surface area contributed by atoms with Crippen molar-refractivity contribution >= 4 is 34.5 Å². The summed E-state index contributed by atoms with van der Waals surface area (Å²) in [6, 6.07) is 13.9. The number of halogens is 1. The Morgan fingerprint density at radius 3 is 2.69 bits per heavy atom. The Morgan fingerprint density at radius 2 is 1.92 bits per heavy atom. The third kappa shape index (κ3) is 3.00. The van der Waals surface area contributed by atoms with Crippen molar-refractivity contribution in [1.82, 2.24) is 10.2 Å². The van der Waals surface area contributed by atoms with Gasteiger partial charge in [0.05, 0.1) is 7.11 Å². The van der Waals surface area contributed by atoms with E-state index in [1.54, 1.807) is 36.4 Å². The summed E-state index contributed by atoms with van der Waals surface area (Å²) >= 11 is 5.85. The third-order valence-electron chi connectivity index (χ3n) is 3.69. The fraction of sp³-hybridized carbons (Fsp3) is 0.0556. The standard InChI is InChI=1S/C18H12ClN3O4/c1-24-13-4-2-3-11-9-14(25-15(11)13)16(23)20-18-22-21-17(26-18)10-5-7-12(19)8-6-10/h2-9H,1H3,(H,20,22,23). The SMILES string of the molecule is COc1cccc2cc(C(=O)Nc3nnc(-c4ccc(Cl)cc4)o3)oc12. The molecule has 2 aromatic heterocycles. The molecule has 8 heteroatoms. The van der Waals surface area contributed by atoms with Gasteiger partial charge in [-0.25, -0.2) is 0 Å². The van der Waals surface area contributed by atoms with Gasteiger partial charge >= 0.3 is 6.01 Å². The number of benzene rings is 2. The molecule has 0 saturated heterocycles. The highest BCUT2D eigenvalue weighted by atomic mass is 35.5. The fourth-order valence-corrected chi connectivity index (χ4v) is 2.58. The number of fused-ring (bicyclic) bond motifs is 1. The molecule has 0 aliphatic rings. The van der Waals surface area contributed by atoms with Crippen molar-refractivity contribution in [2.75, 3.05) is 12.4 Å². The largest absolute Gasteiger partial charge is 0.493 e. The van der Waals surface area contributed by atoms with Crippen LogP contribution in [-0.2, 0) is 0 Å². The van der Waals surface area contributed by atoms with Gasteiger partial charge < -0.3 is 13.6 Å². The van der Waals surface area contributed by atoms with Crippen LogP contribution in [-0.4, -0.2) is 23.2 Å². The van der Waals surface area contributed by atoms with E-state index in [0.29, 0.717) is 21.9 Å². The minimum Gasteiger partial charge on any atom is -0.493 e. The summed E-state index contributed by atoms with van der Waals surface area (Å²) in [4.78, 5) is 12.4. The second kappa shape index (κ2) is 6.53. The van der Waals surface area contributed by atoms with Crippen LogP contribution in [0.4, 0.5) is 6.01 Å². The van der Waals surface area contributed by atoms with Gasteiger partial charge in [0.1, 0.15) is 0 Å². The molecule has 0 atom stereocenters. The van der Waals surface area contributed by atoms with Gasteiger partial charge in [-0.15, -0.1) is 5.10 Å². The Labute approximate surface area is 152 Å². The lowest BCUT2D eigenvalue weighted by atomic mass is 10.2. The molecule has 0 aliphatic heterocycles. The molecule has 0 aliphatic carbocycles. The molecule has 0 unspecified atom stereocenters. The van der Waals surface area contributed by atoms with Crippen LogP contribution in [0.2, 0.25) is 5.02 Å². The Morgan fingerprint density at radius 1 is 1.12 bits per heavy atom. The average molecular weight is 370 g/mol. The van der Waals surface area contributed by atoms with Gasteiger partial charge in [-0.3, -0.25) is 10.1 Å². The predicted octanol–water partition coefficient (Wildman–Crippen LogP) is 4.40. The van der Waals surface area contributed by atoms with E-state index >= 15 is 0 Å². The molecule has 26 heavy (non-hydrogen) atoms. The van der Waals surface area contributed by atoms with Gasteiger partial charge in [-0.05, 0) is 36.4 Å². The number of nitrogens with one attached hydrogen (secondary N) is 1. The maximum Gasteiger partial charge on any atom is 0.322 e. The zero-order chi connectivity index (χ0) is 18.1. The van der Waals surface area contributed by atoms with Crippen molar-refractivity contribution in [3.8, 4) is 17.2 Å². The molecule has 1 N–H and O–H groups in total. The zero-order valence-corrected chi connectivity index (χ0v) is 14.3. The lowest BCUT2D eigenvalue weighted by molar-refractivity contribution is 0.0995. The van der Waals surface area contributed by atoms with Crippen molar-refractivity contribution in [2.24, 2.45) is 0 Å². The number of nitrogens with zero attached hydrogens (tertiary/aromatic N) is 2. The molecule has 0 bridgehead atoms. The molecule has 0 fully saturated rings. The summed E-state index contributed by atoms with van der Waals surface area (Å²) in [5, 5.41) is 11.6. The normalized spacial score (nSPS) is 10.8. The molecular formula is C18H12ClN3O4. The van der Waals surface area contributed by atoms with E-state index in [-0.39, 0.29) is 17.7 Å². The second-order valence-electron chi connectivity index (χ2n) is 5.36. The Hall–Kier alpha value is -3.32. The summed E-state index contributed by atoms with van der Waals surface area (Å²) in [5.41, 5.74) is 1.18. The molecule has 4 rings (SSSR count). The van der Waals surface area contributed by atoms with Gasteiger partial charge in [0.15, 0.2) is 17.1 Å². The molecule has 2 aromatic carbocycles. The number of amides is 1. The van der Waals surface area contributed by atoms with Gasteiger partial charge in [0.2, 0.25) is 5.89 Å². The zero-order valence-electron chi connectivity index (χ0n) is 13.5. The maximum atomic E-state index is 12.4. The first kappa shape index (κ1) is 16.2. The molecular weight excluding hydrogens is 358 g/mol. The molecule has 130 valence electrons. The smallest absolute Gasteiger partial charge is 0.322 e. The number of aromatic nitrogens is 2. The lowest BCUT2D eigenvalue weighted by Crippen LogP contribution is -2.10. The number of rotatable bonds is 4. The molecule has 0 saturated carbocycles. The number of anilines is 1. The first-order chi connectivity index (χ1) is 12.6. The molecule has 2 heterocycles. The molecule has 4 aromatic rings. The van der Waals surface area contributed by atoms with Gasteiger partial charge in [-0.1, -0.05) is 28.8 Å². The number of para-hydroxylation sites is 1. The van der Waals surface area contributed by atoms with E-state index in [2.05, 4.69) is 15.5 Å². The molecule has 7 nitrogen and oxygen atoms in total. The quantitative estimate of drug-likeness (QED) is 0.573. The summed E-state index contributed by atoms with van der Waals surface area (Å²) in [6.45, 7) is 0. The number of carbonyl (C=O) groups excluding carboxylic acids is 1. The minimum atomic E-state index is -0.505. The van der Waals surface area contributed by atoms with Crippen LogP contribution in [0.3, 0.4) is 0 Å². The maximum absolute atomic E-state index is 12.4. The van der Waals surface area contributed by atoms with Crippen LogP contribution in [0.25, 0.3) is 22.4 Å². The number of methoxy groups -OCH3 is 1. The van der Waals surface area contributed by atoms with Crippen LogP contribution < -0.4 is 10.1 Å². The summed E-state index contributed by atoms with van der Waals surface area (Å²) in [5.74, 6) is 0.415. The first-order valence-corrected chi connectivity index (χ1v) is 7.99. The van der Waals surface area contributed by atoms with Gasteiger partial charge in [-0.2, -0.15) is 0 Å².